The summed E-state index contributed by atoms with van der Waals surface area (Å²) in [5, 5.41) is 21.0. The van der Waals surface area contributed by atoms with Gasteiger partial charge in [0, 0.05) is 44.5 Å². The van der Waals surface area contributed by atoms with Crippen molar-refractivity contribution < 1.29 is 29.4 Å². The van der Waals surface area contributed by atoms with Crippen LogP contribution in [0.15, 0.2) is 85.5 Å². The first kappa shape index (κ1) is 34.0. The zero-order valence-electron chi connectivity index (χ0n) is 26.0. The summed E-state index contributed by atoms with van der Waals surface area (Å²) in [5.74, 6) is -0.444. The van der Waals surface area contributed by atoms with Crippen LogP contribution in [-0.2, 0) is 32.2 Å². The minimum Gasteiger partial charge on any atom is -0.392 e. The molecule has 1 saturated heterocycles. The Morgan fingerprint density at radius 1 is 0.933 bits per heavy atom. The molecule has 1 aliphatic rings. The molecular formula is C36H45N3O6. The monoisotopic (exact) mass is 615 g/mol. The van der Waals surface area contributed by atoms with Gasteiger partial charge in [0.2, 0.25) is 11.8 Å². The van der Waals surface area contributed by atoms with Gasteiger partial charge in [0.25, 0.3) is 0 Å². The average Bonchev–Trinajstić information content (AvgIpc) is 3.07. The third-order valence-corrected chi connectivity index (χ3v) is 7.99. The summed E-state index contributed by atoms with van der Waals surface area (Å²) in [6, 6.07) is 24.1. The van der Waals surface area contributed by atoms with Crippen LogP contribution in [0.5, 0.6) is 0 Å². The van der Waals surface area contributed by atoms with Crippen LogP contribution < -0.4 is 10.8 Å². The number of nitrogens with zero attached hydrogens (tertiary/aromatic N) is 1. The third-order valence-electron chi connectivity index (χ3n) is 7.99. The highest BCUT2D eigenvalue weighted by Crippen LogP contribution is 2.38. The Labute approximate surface area is 265 Å². The van der Waals surface area contributed by atoms with Gasteiger partial charge in [-0.2, -0.15) is 0 Å². The molecule has 4 rings (SSSR count). The summed E-state index contributed by atoms with van der Waals surface area (Å²) in [6.07, 6.45) is 4.55. The van der Waals surface area contributed by atoms with Crippen LogP contribution in [0, 0.1) is 0 Å². The summed E-state index contributed by atoms with van der Waals surface area (Å²) < 4.78 is 13.0. The maximum Gasteiger partial charge on any atom is 0.243 e. The van der Waals surface area contributed by atoms with Crippen molar-refractivity contribution in [2.45, 2.75) is 70.2 Å². The predicted molar refractivity (Wildman–Crippen MR) is 173 cm³/mol. The lowest BCUT2D eigenvalue weighted by Crippen LogP contribution is -2.37. The number of aliphatic hydroxyl groups excluding tert-OH is 1. The van der Waals surface area contributed by atoms with E-state index in [-0.39, 0.29) is 31.1 Å². The first-order valence-corrected chi connectivity index (χ1v) is 15.6. The Balaban J connectivity index is 1.41. The van der Waals surface area contributed by atoms with E-state index < -0.39 is 12.2 Å². The van der Waals surface area contributed by atoms with Gasteiger partial charge in [-0.3, -0.25) is 14.8 Å². The lowest BCUT2D eigenvalue weighted by molar-refractivity contribution is -0.252. The Hall–Kier alpha value is -3.86. The second kappa shape index (κ2) is 17.6. The van der Waals surface area contributed by atoms with Gasteiger partial charge in [-0.1, -0.05) is 85.3 Å². The highest BCUT2D eigenvalue weighted by molar-refractivity contribution is 5.76. The van der Waals surface area contributed by atoms with Crippen molar-refractivity contribution in [2.24, 2.45) is 0 Å². The van der Waals surface area contributed by atoms with Crippen molar-refractivity contribution in [3.63, 3.8) is 0 Å². The molecular weight excluding hydrogens is 570 g/mol. The minimum atomic E-state index is -0.537. The van der Waals surface area contributed by atoms with E-state index in [0.717, 1.165) is 52.9 Å². The molecule has 240 valence electrons. The Morgan fingerprint density at radius 2 is 1.62 bits per heavy atom. The maximum atomic E-state index is 12.5. The Bertz CT molecular complexity index is 1380. The fourth-order valence-corrected chi connectivity index (χ4v) is 5.54. The Morgan fingerprint density at radius 3 is 2.31 bits per heavy atom. The van der Waals surface area contributed by atoms with Crippen molar-refractivity contribution in [1.29, 1.82) is 0 Å². The van der Waals surface area contributed by atoms with Crippen LogP contribution in [0.4, 0.5) is 0 Å². The molecule has 0 bridgehead atoms. The van der Waals surface area contributed by atoms with Gasteiger partial charge in [0.05, 0.1) is 18.8 Å². The number of carbonyl (C=O) groups excluding carboxylic acids is 2. The molecule has 0 aliphatic carbocycles. The minimum absolute atomic E-state index is 0.00338. The fraction of sp³-hybridized carbons (Fsp3) is 0.389. The van der Waals surface area contributed by atoms with E-state index in [0.29, 0.717) is 32.2 Å². The molecule has 1 fully saturated rings. The summed E-state index contributed by atoms with van der Waals surface area (Å²) in [4.78, 5) is 25.7. The van der Waals surface area contributed by atoms with Gasteiger partial charge in [-0.25, -0.2) is 5.48 Å². The molecule has 1 aliphatic heterocycles. The number of likely N-dealkylation sites (N-methyl/N-ethyl adjacent to an activating group) is 1. The zero-order valence-corrected chi connectivity index (χ0v) is 26.0. The predicted octanol–water partition coefficient (Wildman–Crippen LogP) is 5.58. The van der Waals surface area contributed by atoms with E-state index in [2.05, 4.69) is 36.0 Å². The quantitative estimate of drug-likeness (QED) is 0.0719. The second-order valence-corrected chi connectivity index (χ2v) is 11.5. The van der Waals surface area contributed by atoms with Crippen LogP contribution in [0.3, 0.4) is 0 Å². The molecule has 0 saturated carbocycles. The van der Waals surface area contributed by atoms with Gasteiger partial charge in [0.15, 0.2) is 6.29 Å². The summed E-state index contributed by atoms with van der Waals surface area (Å²) in [7, 11) is 2.05. The van der Waals surface area contributed by atoms with E-state index in [9.17, 15) is 14.7 Å². The lowest BCUT2D eigenvalue weighted by atomic mass is 9.97. The van der Waals surface area contributed by atoms with Crippen LogP contribution in [0.1, 0.15) is 73.2 Å². The van der Waals surface area contributed by atoms with Crippen LogP contribution in [-0.4, -0.2) is 53.3 Å². The Kier molecular flexibility index (Phi) is 13.3. The number of ether oxygens (including phenoxy) is 2. The molecule has 0 aromatic heterocycles. The molecule has 0 radical (unpaired) electrons. The molecule has 1 heterocycles. The first-order chi connectivity index (χ1) is 21.9. The van der Waals surface area contributed by atoms with E-state index in [1.807, 2.05) is 66.7 Å². The van der Waals surface area contributed by atoms with E-state index in [1.54, 1.807) is 5.48 Å². The van der Waals surface area contributed by atoms with Gasteiger partial charge in [0.1, 0.15) is 0 Å². The van der Waals surface area contributed by atoms with Crippen LogP contribution >= 0.6 is 0 Å². The van der Waals surface area contributed by atoms with Crippen molar-refractivity contribution in [2.75, 3.05) is 20.1 Å². The molecule has 9 heteroatoms. The third kappa shape index (κ3) is 10.3. The molecule has 2 amide bonds. The normalized spacial score (nSPS) is 18.0. The maximum absolute atomic E-state index is 12.5. The molecule has 45 heavy (non-hydrogen) atoms. The largest absolute Gasteiger partial charge is 0.392 e. The van der Waals surface area contributed by atoms with Crippen molar-refractivity contribution in [3.05, 3.63) is 108 Å². The number of hydrogen-bond acceptors (Lipinski definition) is 7. The van der Waals surface area contributed by atoms with Crippen molar-refractivity contribution in [3.8, 4) is 11.1 Å². The summed E-state index contributed by atoms with van der Waals surface area (Å²) in [5.41, 5.74) is 7.54. The summed E-state index contributed by atoms with van der Waals surface area (Å²) >= 11 is 0. The number of aliphatic hydroxyl groups is 1. The number of carbonyl (C=O) groups is 2. The number of nitrogens with one attached hydrogen (secondary N) is 2. The van der Waals surface area contributed by atoms with E-state index >= 15 is 0 Å². The highest BCUT2D eigenvalue weighted by Gasteiger charge is 2.32. The van der Waals surface area contributed by atoms with Gasteiger partial charge >= 0.3 is 0 Å². The summed E-state index contributed by atoms with van der Waals surface area (Å²) in [6.45, 7) is 5.78. The zero-order chi connectivity index (χ0) is 32.0. The number of unbranched alkanes of at least 4 members (excludes halogenated alkanes) is 2. The smallest absolute Gasteiger partial charge is 0.243 e. The number of amides is 2. The average molecular weight is 616 g/mol. The van der Waals surface area contributed by atoms with Gasteiger partial charge in [-0.15, -0.1) is 6.58 Å². The lowest BCUT2D eigenvalue weighted by Gasteiger charge is -2.37. The number of hydrogen-bond donors (Lipinski definition) is 4. The second-order valence-electron chi connectivity index (χ2n) is 11.5. The molecule has 0 unspecified atom stereocenters. The molecule has 3 aromatic carbocycles. The van der Waals surface area contributed by atoms with Crippen LogP contribution in [0.2, 0.25) is 0 Å². The SMILES string of the molecule is C=CCN(C)C[C@H]1C[C@@H](c2ccc(CO)cc2)O[C@@H](c2ccc(-c3ccccc3CNC(=O)CCCCCC(=O)NO)cc2)O1. The topological polar surface area (TPSA) is 120 Å². The molecule has 9 nitrogen and oxygen atoms in total. The van der Waals surface area contributed by atoms with E-state index in [4.69, 9.17) is 14.7 Å². The number of benzene rings is 3. The van der Waals surface area contributed by atoms with Crippen molar-refractivity contribution in [1.82, 2.24) is 15.7 Å². The molecule has 3 aromatic rings. The van der Waals surface area contributed by atoms with E-state index in [1.165, 1.54) is 0 Å². The van der Waals surface area contributed by atoms with Crippen molar-refractivity contribution >= 4 is 11.8 Å². The molecule has 0 spiro atoms. The highest BCUT2D eigenvalue weighted by atomic mass is 16.7. The fourth-order valence-electron chi connectivity index (χ4n) is 5.54. The molecule has 4 N–H and O–H groups in total. The molecule has 3 atom stereocenters. The number of rotatable bonds is 16. The first-order valence-electron chi connectivity index (χ1n) is 15.6. The number of hydroxylamine groups is 1. The van der Waals surface area contributed by atoms with Gasteiger partial charge < -0.3 is 24.8 Å². The standard InChI is InChI=1S/C36H45N3O6/c1-3-21-39(2)24-31-22-33(28-15-13-26(25-40)14-16-28)45-36(44-31)29-19-17-27(18-20-29)32-10-8-7-9-30(32)23-37-34(41)11-5-4-6-12-35(42)38-43/h3,7-10,13-20,31,33,36,40,43H,1,4-6,11-12,21-25H2,2H3,(H,37,41)(H,38,42)/t31-,33+,36+/m1/s1. The van der Waals surface area contributed by atoms with Crippen LogP contribution in [0.25, 0.3) is 11.1 Å². The van der Waals surface area contributed by atoms with Gasteiger partial charge in [-0.05, 0) is 47.7 Å².